The van der Waals surface area contributed by atoms with Crippen molar-refractivity contribution in [2.24, 2.45) is 0 Å². The van der Waals surface area contributed by atoms with Gasteiger partial charge in [0.1, 0.15) is 17.5 Å². The molecule has 1 N–H and O–H groups in total. The van der Waals surface area contributed by atoms with Gasteiger partial charge >= 0.3 is 0 Å². The van der Waals surface area contributed by atoms with E-state index in [2.05, 4.69) is 9.88 Å². The summed E-state index contributed by atoms with van der Waals surface area (Å²) >= 11 is 0. The Morgan fingerprint density at radius 1 is 1.29 bits per heavy atom. The average Bonchev–Trinajstić information content (AvgIpc) is 2.86. The summed E-state index contributed by atoms with van der Waals surface area (Å²) < 4.78 is 16.2. The third kappa shape index (κ3) is 1.95. The van der Waals surface area contributed by atoms with E-state index in [1.54, 1.807) is 18.2 Å². The van der Waals surface area contributed by atoms with Gasteiger partial charge in [0.2, 0.25) is 5.91 Å². The number of imidazole rings is 1. The van der Waals surface area contributed by atoms with Crippen LogP contribution in [-0.2, 0) is 17.8 Å². The molecule has 1 aromatic carbocycles. The highest BCUT2D eigenvalue weighted by Crippen LogP contribution is 2.39. The first-order chi connectivity index (χ1) is 10.2. The number of carbonyl (C=O) groups is 1. The summed E-state index contributed by atoms with van der Waals surface area (Å²) in [6.45, 7) is 0.877. The summed E-state index contributed by atoms with van der Waals surface area (Å²) in [6, 6.07) is 6.67. The van der Waals surface area contributed by atoms with Crippen molar-refractivity contribution >= 4 is 11.7 Å². The van der Waals surface area contributed by atoms with Gasteiger partial charge in [-0.25, -0.2) is 9.37 Å². The van der Waals surface area contributed by atoms with Crippen LogP contribution in [0.4, 0.5) is 10.2 Å². The van der Waals surface area contributed by atoms with Crippen molar-refractivity contribution in [3.8, 4) is 0 Å². The molecule has 4 nitrogen and oxygen atoms in total. The van der Waals surface area contributed by atoms with Gasteiger partial charge in [-0.15, -0.1) is 0 Å². The van der Waals surface area contributed by atoms with Crippen molar-refractivity contribution in [1.82, 2.24) is 9.55 Å². The molecule has 0 aliphatic carbocycles. The van der Waals surface area contributed by atoms with Crippen LogP contribution < -0.4 is 5.32 Å². The van der Waals surface area contributed by atoms with Gasteiger partial charge in [0.05, 0.1) is 5.69 Å². The molecular formula is C16H16FN3O. The van der Waals surface area contributed by atoms with Crippen LogP contribution >= 0.6 is 0 Å². The van der Waals surface area contributed by atoms with Crippen LogP contribution in [0, 0.1) is 5.82 Å². The molecule has 0 radical (unpaired) electrons. The van der Waals surface area contributed by atoms with Crippen LogP contribution in [0.3, 0.4) is 0 Å². The fraction of sp³-hybridized carbons (Fsp3) is 0.375. The Kier molecular flexibility index (Phi) is 2.80. The Balaban J connectivity index is 1.87. The molecular weight excluding hydrogens is 269 g/mol. The number of aromatic nitrogens is 2. The highest BCUT2D eigenvalue weighted by Gasteiger charge is 2.34. The molecule has 0 unspecified atom stereocenters. The third-order valence-corrected chi connectivity index (χ3v) is 4.36. The maximum atomic E-state index is 14.1. The molecule has 5 heteroatoms. The number of benzene rings is 1. The van der Waals surface area contributed by atoms with Gasteiger partial charge in [0.15, 0.2) is 0 Å². The first-order valence-corrected chi connectivity index (χ1v) is 7.37. The van der Waals surface area contributed by atoms with E-state index in [4.69, 9.17) is 4.98 Å². The van der Waals surface area contributed by atoms with Gasteiger partial charge in [-0.3, -0.25) is 4.79 Å². The molecule has 108 valence electrons. The van der Waals surface area contributed by atoms with Gasteiger partial charge < -0.3 is 9.88 Å². The quantitative estimate of drug-likeness (QED) is 0.875. The topological polar surface area (TPSA) is 46.9 Å². The molecule has 0 saturated carbocycles. The van der Waals surface area contributed by atoms with Crippen molar-refractivity contribution in [2.45, 2.75) is 38.1 Å². The molecule has 0 bridgehead atoms. The number of aryl methyl sites for hydroxylation is 1. The lowest BCUT2D eigenvalue weighted by molar-refractivity contribution is -0.116. The minimum absolute atomic E-state index is 0.0657. The number of hydrogen-bond donors (Lipinski definition) is 1. The maximum absolute atomic E-state index is 14.1. The summed E-state index contributed by atoms with van der Waals surface area (Å²) in [5.41, 5.74) is 1.38. The Hall–Kier alpha value is -2.17. The number of hydrogen-bond acceptors (Lipinski definition) is 2. The van der Waals surface area contributed by atoms with E-state index in [9.17, 15) is 9.18 Å². The normalized spacial score (nSPS) is 20.6. The molecule has 0 saturated heterocycles. The molecule has 4 rings (SSSR count). The van der Waals surface area contributed by atoms with Crippen LogP contribution in [0.1, 0.15) is 42.3 Å². The Morgan fingerprint density at radius 3 is 3.00 bits per heavy atom. The second-order valence-electron chi connectivity index (χ2n) is 5.70. The Bertz CT molecular complexity index is 722. The number of carbonyl (C=O) groups excluding carboxylic acids is 1. The van der Waals surface area contributed by atoms with E-state index in [0.717, 1.165) is 43.1 Å². The van der Waals surface area contributed by atoms with Crippen molar-refractivity contribution in [2.75, 3.05) is 5.32 Å². The number of rotatable bonds is 1. The summed E-state index contributed by atoms with van der Waals surface area (Å²) in [6.07, 6.45) is 3.39. The van der Waals surface area contributed by atoms with Gasteiger partial charge in [0, 0.05) is 25.3 Å². The second-order valence-corrected chi connectivity index (χ2v) is 5.70. The zero-order valence-corrected chi connectivity index (χ0v) is 11.6. The number of nitrogens with one attached hydrogen (secondary N) is 1. The van der Waals surface area contributed by atoms with Crippen molar-refractivity contribution < 1.29 is 9.18 Å². The average molecular weight is 285 g/mol. The summed E-state index contributed by atoms with van der Waals surface area (Å²) in [5, 5.41) is 2.93. The molecule has 3 heterocycles. The van der Waals surface area contributed by atoms with Crippen molar-refractivity contribution in [3.63, 3.8) is 0 Å². The molecule has 1 aromatic heterocycles. The summed E-state index contributed by atoms with van der Waals surface area (Å²) in [4.78, 5) is 16.7. The standard InChI is InChI=1S/C16H16FN3O/c17-12-6-2-1-5-10(12)11-9-14(21)19-16-15(11)18-13-7-3-4-8-20(13)16/h1-2,5-6,11H,3-4,7-9H2,(H,19,21)/t11-/m1/s1. The predicted molar refractivity (Wildman–Crippen MR) is 76.7 cm³/mol. The van der Waals surface area contributed by atoms with Crippen LogP contribution in [0.25, 0.3) is 0 Å². The smallest absolute Gasteiger partial charge is 0.226 e. The zero-order chi connectivity index (χ0) is 14.4. The van der Waals surface area contributed by atoms with Gasteiger partial charge in [-0.05, 0) is 24.5 Å². The lowest BCUT2D eigenvalue weighted by atomic mass is 9.89. The molecule has 0 fully saturated rings. The predicted octanol–water partition coefficient (Wildman–Crippen LogP) is 2.83. The minimum atomic E-state index is -0.284. The van der Waals surface area contributed by atoms with E-state index in [1.807, 2.05) is 0 Å². The molecule has 21 heavy (non-hydrogen) atoms. The molecule has 2 aromatic rings. The van der Waals surface area contributed by atoms with Crippen molar-refractivity contribution in [1.29, 1.82) is 0 Å². The first-order valence-electron chi connectivity index (χ1n) is 7.37. The third-order valence-electron chi connectivity index (χ3n) is 4.36. The lowest BCUT2D eigenvalue weighted by Crippen LogP contribution is -2.26. The molecule has 2 aliphatic rings. The van der Waals surface area contributed by atoms with Crippen molar-refractivity contribution in [3.05, 3.63) is 47.2 Å². The number of halogens is 1. The van der Waals surface area contributed by atoms with E-state index < -0.39 is 0 Å². The fourth-order valence-electron chi connectivity index (χ4n) is 3.36. The Labute approximate surface area is 122 Å². The monoisotopic (exact) mass is 285 g/mol. The highest BCUT2D eigenvalue weighted by atomic mass is 19.1. The first kappa shape index (κ1) is 12.6. The SMILES string of the molecule is O=C1C[C@H](c2ccccc2F)c2nc3n(c2N1)CCCC3. The molecule has 0 spiro atoms. The molecule has 1 atom stereocenters. The summed E-state index contributed by atoms with van der Waals surface area (Å²) in [7, 11) is 0. The number of nitrogens with zero attached hydrogens (tertiary/aromatic N) is 2. The molecule has 2 aliphatic heterocycles. The maximum Gasteiger partial charge on any atom is 0.226 e. The van der Waals surface area contributed by atoms with Gasteiger partial charge in [0.25, 0.3) is 0 Å². The van der Waals surface area contributed by atoms with Crippen LogP contribution in [0.2, 0.25) is 0 Å². The highest BCUT2D eigenvalue weighted by molar-refractivity contribution is 5.94. The number of fused-ring (bicyclic) bond motifs is 3. The fourth-order valence-corrected chi connectivity index (χ4v) is 3.36. The largest absolute Gasteiger partial charge is 0.314 e. The lowest BCUT2D eigenvalue weighted by Gasteiger charge is -2.24. The van der Waals surface area contributed by atoms with Crippen LogP contribution in [0.5, 0.6) is 0 Å². The zero-order valence-electron chi connectivity index (χ0n) is 11.6. The van der Waals surface area contributed by atoms with Gasteiger partial charge in [-0.2, -0.15) is 0 Å². The minimum Gasteiger partial charge on any atom is -0.314 e. The second kappa shape index (κ2) is 4.69. The number of amides is 1. The summed E-state index contributed by atoms with van der Waals surface area (Å²) in [5.74, 6) is 1.16. The molecule has 1 amide bonds. The van der Waals surface area contributed by atoms with E-state index in [1.165, 1.54) is 6.07 Å². The van der Waals surface area contributed by atoms with E-state index in [0.29, 0.717) is 5.56 Å². The van der Waals surface area contributed by atoms with Crippen LogP contribution in [-0.4, -0.2) is 15.5 Å². The number of anilines is 1. The van der Waals surface area contributed by atoms with Gasteiger partial charge in [-0.1, -0.05) is 18.2 Å². The van der Waals surface area contributed by atoms with Crippen LogP contribution in [0.15, 0.2) is 24.3 Å². The Morgan fingerprint density at radius 2 is 2.14 bits per heavy atom. The van der Waals surface area contributed by atoms with E-state index >= 15 is 0 Å². The van der Waals surface area contributed by atoms with E-state index in [-0.39, 0.29) is 24.1 Å².